The molecule has 1 saturated carbocycles. The van der Waals surface area contributed by atoms with Crippen LogP contribution in [0.3, 0.4) is 0 Å². The van der Waals surface area contributed by atoms with Crippen LogP contribution in [0.2, 0.25) is 0 Å². The van der Waals surface area contributed by atoms with Gasteiger partial charge in [-0.2, -0.15) is 0 Å². The molecule has 0 aromatic carbocycles. The van der Waals surface area contributed by atoms with Crippen molar-refractivity contribution in [3.63, 3.8) is 0 Å². The number of aromatic nitrogens is 1. The molecule has 1 saturated heterocycles. The van der Waals surface area contributed by atoms with E-state index >= 15 is 0 Å². The quantitative estimate of drug-likeness (QED) is 0.876. The summed E-state index contributed by atoms with van der Waals surface area (Å²) in [5, 5.41) is 3.10. The predicted octanol–water partition coefficient (Wildman–Crippen LogP) is 3.68. The van der Waals surface area contributed by atoms with Crippen molar-refractivity contribution in [3.05, 3.63) is 46.2 Å². The lowest BCUT2D eigenvalue weighted by atomic mass is 10.0. The first-order valence-corrected chi connectivity index (χ1v) is 10.2. The van der Waals surface area contributed by atoms with Crippen molar-refractivity contribution < 1.29 is 14.0 Å². The smallest absolute Gasteiger partial charge is 0.255 e. The lowest BCUT2D eigenvalue weighted by molar-refractivity contribution is 0.0697. The van der Waals surface area contributed by atoms with Gasteiger partial charge in [0.25, 0.3) is 11.8 Å². The second kappa shape index (κ2) is 7.15. The Hall–Kier alpha value is -2.50. The minimum absolute atomic E-state index is 0.0880. The van der Waals surface area contributed by atoms with Crippen LogP contribution in [0.5, 0.6) is 0 Å². The van der Waals surface area contributed by atoms with Crippen LogP contribution < -0.4 is 5.32 Å². The molecule has 6 nitrogen and oxygen atoms in total. The van der Waals surface area contributed by atoms with Gasteiger partial charge >= 0.3 is 0 Å². The lowest BCUT2D eigenvalue weighted by Gasteiger charge is -2.32. The normalized spacial score (nSPS) is 17.8. The minimum Gasteiger partial charge on any atom is -0.466 e. The van der Waals surface area contributed by atoms with Crippen molar-refractivity contribution in [1.82, 2.24) is 14.8 Å². The molecule has 2 aromatic heterocycles. The summed E-state index contributed by atoms with van der Waals surface area (Å²) in [6, 6.07) is 4.48. The van der Waals surface area contributed by atoms with Crippen LogP contribution >= 0.6 is 0 Å². The summed E-state index contributed by atoms with van der Waals surface area (Å²) >= 11 is 0. The molecule has 3 heterocycles. The number of hydrogen-bond donors (Lipinski definition) is 1. The number of likely N-dealkylation sites (tertiary alicyclic amines) is 1. The highest BCUT2D eigenvalue weighted by atomic mass is 16.3. The summed E-state index contributed by atoms with van der Waals surface area (Å²) in [5.41, 5.74) is 3.70. The third-order valence-corrected chi connectivity index (χ3v) is 6.03. The van der Waals surface area contributed by atoms with Crippen LogP contribution in [0.25, 0.3) is 0 Å². The molecular weight excluding hydrogens is 354 g/mol. The Balaban J connectivity index is 1.36. The first-order chi connectivity index (χ1) is 13.3. The standard InChI is InChI=1S/C22H29N3O3/c1-13-11-19(15(3)25(13)18-5-6-18)22(27)24-9-7-17(8-10-24)23-21(26)20-12-14(2)28-16(20)4/h11-12,17-18H,5-10H2,1-4H3,(H,23,26). The van der Waals surface area contributed by atoms with E-state index in [1.807, 2.05) is 17.9 Å². The van der Waals surface area contributed by atoms with Gasteiger partial charge in [0.15, 0.2) is 0 Å². The van der Waals surface area contributed by atoms with Crippen LogP contribution in [-0.4, -0.2) is 40.4 Å². The highest BCUT2D eigenvalue weighted by molar-refractivity contribution is 5.96. The zero-order valence-electron chi connectivity index (χ0n) is 17.2. The van der Waals surface area contributed by atoms with Gasteiger partial charge in [-0.15, -0.1) is 0 Å². The van der Waals surface area contributed by atoms with E-state index in [0.29, 0.717) is 30.5 Å². The summed E-state index contributed by atoms with van der Waals surface area (Å²) < 4.78 is 7.77. The van der Waals surface area contributed by atoms with Crippen LogP contribution in [-0.2, 0) is 0 Å². The molecule has 0 bridgehead atoms. The number of carbonyl (C=O) groups is 2. The zero-order chi connectivity index (χ0) is 20.0. The Morgan fingerprint density at radius 1 is 1.00 bits per heavy atom. The van der Waals surface area contributed by atoms with Crippen LogP contribution in [0, 0.1) is 27.7 Å². The molecule has 0 spiro atoms. The van der Waals surface area contributed by atoms with E-state index in [2.05, 4.69) is 23.7 Å². The number of hydrogen-bond acceptors (Lipinski definition) is 3. The minimum atomic E-state index is -0.0906. The molecule has 2 aliphatic rings. The van der Waals surface area contributed by atoms with Gasteiger partial charge in [0, 0.05) is 36.6 Å². The molecule has 0 radical (unpaired) electrons. The van der Waals surface area contributed by atoms with E-state index in [0.717, 1.165) is 29.9 Å². The average Bonchev–Trinajstić information content (AvgIpc) is 3.36. The Morgan fingerprint density at radius 2 is 1.68 bits per heavy atom. The van der Waals surface area contributed by atoms with Gasteiger partial charge < -0.3 is 19.2 Å². The van der Waals surface area contributed by atoms with Gasteiger partial charge in [-0.25, -0.2) is 0 Å². The van der Waals surface area contributed by atoms with Crippen LogP contribution in [0.15, 0.2) is 16.5 Å². The van der Waals surface area contributed by atoms with Crippen molar-refractivity contribution in [2.75, 3.05) is 13.1 Å². The summed E-state index contributed by atoms with van der Waals surface area (Å²) in [4.78, 5) is 27.4. The summed E-state index contributed by atoms with van der Waals surface area (Å²) in [6.07, 6.45) is 3.97. The van der Waals surface area contributed by atoms with Crippen LogP contribution in [0.1, 0.15) is 75.3 Å². The third-order valence-electron chi connectivity index (χ3n) is 6.03. The van der Waals surface area contributed by atoms with Crippen molar-refractivity contribution in [1.29, 1.82) is 0 Å². The first-order valence-electron chi connectivity index (χ1n) is 10.2. The molecule has 2 amide bonds. The number of nitrogens with one attached hydrogen (secondary N) is 1. The number of rotatable bonds is 4. The molecule has 150 valence electrons. The Labute approximate surface area is 165 Å². The van der Waals surface area contributed by atoms with Gasteiger partial charge in [-0.1, -0.05) is 0 Å². The molecule has 1 aliphatic heterocycles. The molecule has 4 rings (SSSR count). The van der Waals surface area contributed by atoms with Crippen molar-refractivity contribution >= 4 is 11.8 Å². The molecule has 6 heteroatoms. The molecule has 2 aromatic rings. The third kappa shape index (κ3) is 3.48. The highest BCUT2D eigenvalue weighted by Gasteiger charge is 2.31. The van der Waals surface area contributed by atoms with E-state index in [9.17, 15) is 9.59 Å². The summed E-state index contributed by atoms with van der Waals surface area (Å²) in [6.45, 7) is 9.13. The molecule has 28 heavy (non-hydrogen) atoms. The lowest BCUT2D eigenvalue weighted by Crippen LogP contribution is -2.46. The first kappa shape index (κ1) is 18.8. The number of nitrogens with zero attached hydrogens (tertiary/aromatic N) is 2. The maximum Gasteiger partial charge on any atom is 0.255 e. The van der Waals surface area contributed by atoms with E-state index < -0.39 is 0 Å². The Kier molecular flexibility index (Phi) is 4.81. The Bertz CT molecular complexity index is 912. The fourth-order valence-corrected chi connectivity index (χ4v) is 4.40. The maximum atomic E-state index is 13.0. The van der Waals surface area contributed by atoms with E-state index in [1.54, 1.807) is 13.0 Å². The molecule has 0 unspecified atom stereocenters. The van der Waals surface area contributed by atoms with Crippen molar-refractivity contribution in [2.45, 2.75) is 65.5 Å². The molecule has 1 aliphatic carbocycles. The fraction of sp³-hybridized carbons (Fsp3) is 0.545. The number of furan rings is 1. The number of piperidine rings is 1. The molecular formula is C22H29N3O3. The molecule has 1 N–H and O–H groups in total. The second-order valence-electron chi connectivity index (χ2n) is 8.25. The van der Waals surface area contributed by atoms with E-state index in [4.69, 9.17) is 4.42 Å². The monoisotopic (exact) mass is 383 g/mol. The van der Waals surface area contributed by atoms with Crippen molar-refractivity contribution in [3.8, 4) is 0 Å². The molecule has 0 atom stereocenters. The number of amides is 2. The summed E-state index contributed by atoms with van der Waals surface area (Å²) in [7, 11) is 0. The van der Waals surface area contributed by atoms with E-state index in [1.165, 1.54) is 18.5 Å². The van der Waals surface area contributed by atoms with Gasteiger partial charge in [-0.3, -0.25) is 9.59 Å². The van der Waals surface area contributed by atoms with Crippen molar-refractivity contribution in [2.24, 2.45) is 0 Å². The Morgan fingerprint density at radius 3 is 2.25 bits per heavy atom. The average molecular weight is 383 g/mol. The second-order valence-corrected chi connectivity index (χ2v) is 8.25. The maximum absolute atomic E-state index is 13.0. The predicted molar refractivity (Wildman–Crippen MR) is 107 cm³/mol. The number of carbonyl (C=O) groups excluding carboxylic acids is 2. The van der Waals surface area contributed by atoms with Gasteiger partial charge in [0.05, 0.1) is 11.1 Å². The van der Waals surface area contributed by atoms with Gasteiger partial charge in [0.2, 0.25) is 0 Å². The number of aryl methyl sites for hydroxylation is 3. The fourth-order valence-electron chi connectivity index (χ4n) is 4.40. The SMILES string of the molecule is Cc1cc(C(=O)NC2CCN(C(=O)c3cc(C)n(C4CC4)c3C)CC2)c(C)o1. The van der Waals surface area contributed by atoms with Gasteiger partial charge in [-0.05, 0) is 65.5 Å². The van der Waals surface area contributed by atoms with Crippen LogP contribution in [0.4, 0.5) is 0 Å². The van der Waals surface area contributed by atoms with E-state index in [-0.39, 0.29) is 17.9 Å². The molecule has 2 fully saturated rings. The largest absolute Gasteiger partial charge is 0.466 e. The summed E-state index contributed by atoms with van der Waals surface area (Å²) in [5.74, 6) is 1.42. The highest BCUT2D eigenvalue weighted by Crippen LogP contribution is 2.38. The van der Waals surface area contributed by atoms with Gasteiger partial charge in [0.1, 0.15) is 11.5 Å². The topological polar surface area (TPSA) is 67.5 Å². The zero-order valence-corrected chi connectivity index (χ0v) is 17.2.